The molecule has 100 valence electrons. The molecule has 0 aliphatic carbocycles. The highest BCUT2D eigenvalue weighted by Gasteiger charge is 2.05. The second kappa shape index (κ2) is 6.47. The Morgan fingerprint density at radius 3 is 2.37 bits per heavy atom. The molecule has 2 aromatic carbocycles. The number of thioether (sulfide) groups is 1. The molecule has 0 bridgehead atoms. The predicted octanol–water partition coefficient (Wildman–Crippen LogP) is 4.74. The van der Waals surface area contributed by atoms with Crippen molar-refractivity contribution in [2.45, 2.75) is 31.1 Å². The van der Waals surface area contributed by atoms with Crippen molar-refractivity contribution in [1.29, 1.82) is 0 Å². The van der Waals surface area contributed by atoms with Crippen molar-refractivity contribution >= 4 is 23.4 Å². The highest BCUT2D eigenvalue weighted by atomic mass is 35.5. The van der Waals surface area contributed by atoms with E-state index < -0.39 is 0 Å². The molecule has 2 aromatic rings. The summed E-state index contributed by atoms with van der Waals surface area (Å²) in [5.74, 6) is 0.885. The molecule has 1 nitrogen and oxygen atoms in total. The Hall–Kier alpha value is -0.960. The third-order valence-corrected chi connectivity index (χ3v) is 4.28. The van der Waals surface area contributed by atoms with Crippen molar-refractivity contribution in [2.75, 3.05) is 0 Å². The second-order valence-electron chi connectivity index (χ2n) is 4.69. The maximum absolute atomic E-state index is 9.34. The lowest BCUT2D eigenvalue weighted by Crippen LogP contribution is -1.89. The van der Waals surface area contributed by atoms with Crippen molar-refractivity contribution < 1.29 is 5.11 Å². The van der Waals surface area contributed by atoms with Gasteiger partial charge in [0.25, 0.3) is 0 Å². The number of aliphatic hydroxyl groups excluding tert-OH is 1. The molecule has 0 spiro atoms. The van der Waals surface area contributed by atoms with Crippen molar-refractivity contribution in [3.8, 4) is 0 Å². The third kappa shape index (κ3) is 4.00. The van der Waals surface area contributed by atoms with Crippen molar-refractivity contribution in [3.63, 3.8) is 0 Å². The average molecular weight is 293 g/mol. The van der Waals surface area contributed by atoms with Crippen LogP contribution in [0.2, 0.25) is 5.02 Å². The molecule has 0 atom stereocenters. The molecule has 1 N–H and O–H groups in total. The minimum atomic E-state index is 0.0480. The van der Waals surface area contributed by atoms with Gasteiger partial charge in [-0.3, -0.25) is 0 Å². The smallest absolute Gasteiger partial charge is 0.0692 e. The Bertz CT molecular complexity index is 561. The van der Waals surface area contributed by atoms with Crippen LogP contribution < -0.4 is 0 Å². The zero-order valence-electron chi connectivity index (χ0n) is 11.1. The summed E-state index contributed by atoms with van der Waals surface area (Å²) in [5, 5.41) is 10.0. The van der Waals surface area contributed by atoms with E-state index in [0.717, 1.165) is 16.2 Å². The summed E-state index contributed by atoms with van der Waals surface area (Å²) in [6.07, 6.45) is 0. The number of hydrogen-bond acceptors (Lipinski definition) is 2. The van der Waals surface area contributed by atoms with Gasteiger partial charge in [-0.15, -0.1) is 11.8 Å². The number of hydrogen-bond donors (Lipinski definition) is 1. The highest BCUT2D eigenvalue weighted by molar-refractivity contribution is 7.98. The first-order valence-electron chi connectivity index (χ1n) is 6.18. The Kier molecular flexibility index (Phi) is 4.92. The average Bonchev–Trinajstić information content (AvgIpc) is 2.35. The van der Waals surface area contributed by atoms with E-state index >= 15 is 0 Å². The Labute approximate surface area is 123 Å². The molecule has 0 aliphatic rings. The van der Waals surface area contributed by atoms with Crippen LogP contribution in [0.1, 0.15) is 22.3 Å². The fourth-order valence-electron chi connectivity index (χ4n) is 2.11. The summed E-state index contributed by atoms with van der Waals surface area (Å²) in [5.41, 5.74) is 4.79. The maximum Gasteiger partial charge on any atom is 0.0692 e. The van der Waals surface area contributed by atoms with Crippen LogP contribution in [0.25, 0.3) is 0 Å². The summed E-state index contributed by atoms with van der Waals surface area (Å²) < 4.78 is 0. The SMILES string of the molecule is Cc1cc(C)cc(CSc2cc(Cl)ccc2CO)c1. The van der Waals surface area contributed by atoms with Gasteiger partial charge in [-0.2, -0.15) is 0 Å². The van der Waals surface area contributed by atoms with Crippen molar-refractivity contribution in [1.82, 2.24) is 0 Å². The van der Waals surface area contributed by atoms with Gasteiger partial charge in [-0.05, 0) is 37.1 Å². The molecule has 0 aromatic heterocycles. The predicted molar refractivity (Wildman–Crippen MR) is 82.9 cm³/mol. The van der Waals surface area contributed by atoms with Gasteiger partial charge in [0.1, 0.15) is 0 Å². The van der Waals surface area contributed by atoms with E-state index in [2.05, 4.69) is 32.0 Å². The first kappa shape index (κ1) is 14.4. The first-order valence-corrected chi connectivity index (χ1v) is 7.54. The number of aliphatic hydroxyl groups is 1. The first-order chi connectivity index (χ1) is 9.08. The van der Waals surface area contributed by atoms with E-state index in [4.69, 9.17) is 11.6 Å². The fourth-order valence-corrected chi connectivity index (χ4v) is 3.36. The van der Waals surface area contributed by atoms with Crippen LogP contribution in [-0.4, -0.2) is 5.11 Å². The Morgan fingerprint density at radius 2 is 1.74 bits per heavy atom. The fraction of sp³-hybridized carbons (Fsp3) is 0.250. The summed E-state index contributed by atoms with van der Waals surface area (Å²) in [6.45, 7) is 4.27. The standard InChI is InChI=1S/C16H17ClOS/c1-11-5-12(2)7-13(6-11)10-19-16-8-15(17)4-3-14(16)9-18/h3-8,18H,9-10H2,1-2H3. The molecule has 0 radical (unpaired) electrons. The molecule has 3 heteroatoms. The summed E-state index contributed by atoms with van der Waals surface area (Å²) in [7, 11) is 0. The van der Waals surface area contributed by atoms with Crippen LogP contribution in [0.5, 0.6) is 0 Å². The van der Waals surface area contributed by atoms with Crippen LogP contribution >= 0.6 is 23.4 Å². The molecule has 0 saturated heterocycles. The largest absolute Gasteiger partial charge is 0.392 e. The number of aryl methyl sites for hydroxylation is 2. The molecule has 0 heterocycles. The molecule has 19 heavy (non-hydrogen) atoms. The molecule has 0 amide bonds. The van der Waals surface area contributed by atoms with Crippen molar-refractivity contribution in [3.05, 3.63) is 63.7 Å². The molecular weight excluding hydrogens is 276 g/mol. The van der Waals surface area contributed by atoms with Crippen LogP contribution in [0, 0.1) is 13.8 Å². The number of rotatable bonds is 4. The highest BCUT2D eigenvalue weighted by Crippen LogP contribution is 2.29. The van der Waals surface area contributed by atoms with Crippen LogP contribution in [-0.2, 0) is 12.4 Å². The van der Waals surface area contributed by atoms with E-state index in [0.29, 0.717) is 5.02 Å². The lowest BCUT2D eigenvalue weighted by molar-refractivity contribution is 0.279. The van der Waals surface area contributed by atoms with E-state index in [1.165, 1.54) is 16.7 Å². The lowest BCUT2D eigenvalue weighted by Gasteiger charge is -2.09. The molecular formula is C16H17ClOS. The van der Waals surface area contributed by atoms with Gasteiger partial charge in [-0.25, -0.2) is 0 Å². The van der Waals surface area contributed by atoms with Crippen LogP contribution in [0.15, 0.2) is 41.3 Å². The molecule has 0 unspecified atom stereocenters. The quantitative estimate of drug-likeness (QED) is 0.821. The van der Waals surface area contributed by atoms with E-state index in [-0.39, 0.29) is 6.61 Å². The molecule has 0 fully saturated rings. The minimum Gasteiger partial charge on any atom is -0.392 e. The van der Waals surface area contributed by atoms with Gasteiger partial charge < -0.3 is 5.11 Å². The van der Waals surface area contributed by atoms with E-state index in [1.54, 1.807) is 11.8 Å². The monoisotopic (exact) mass is 292 g/mol. The molecule has 0 saturated carbocycles. The van der Waals surface area contributed by atoms with Gasteiger partial charge in [0.2, 0.25) is 0 Å². The topological polar surface area (TPSA) is 20.2 Å². The minimum absolute atomic E-state index is 0.0480. The summed E-state index contributed by atoms with van der Waals surface area (Å²) >= 11 is 7.72. The maximum atomic E-state index is 9.34. The van der Waals surface area contributed by atoms with Gasteiger partial charge in [0.05, 0.1) is 6.61 Å². The van der Waals surface area contributed by atoms with Gasteiger partial charge >= 0.3 is 0 Å². The van der Waals surface area contributed by atoms with Crippen molar-refractivity contribution in [2.24, 2.45) is 0 Å². The molecule has 0 aliphatic heterocycles. The third-order valence-electron chi connectivity index (χ3n) is 2.88. The van der Waals surface area contributed by atoms with Gasteiger partial charge in [0, 0.05) is 15.7 Å². The summed E-state index contributed by atoms with van der Waals surface area (Å²) in [4.78, 5) is 1.05. The summed E-state index contributed by atoms with van der Waals surface area (Å²) in [6, 6.07) is 12.2. The van der Waals surface area contributed by atoms with Gasteiger partial charge in [0.15, 0.2) is 0 Å². The van der Waals surface area contributed by atoms with Crippen LogP contribution in [0.4, 0.5) is 0 Å². The zero-order valence-corrected chi connectivity index (χ0v) is 12.7. The second-order valence-corrected chi connectivity index (χ2v) is 6.15. The van der Waals surface area contributed by atoms with E-state index in [9.17, 15) is 5.11 Å². The van der Waals surface area contributed by atoms with E-state index in [1.807, 2.05) is 18.2 Å². The zero-order chi connectivity index (χ0) is 13.8. The lowest BCUT2D eigenvalue weighted by atomic mass is 10.1. The Balaban J connectivity index is 2.16. The normalized spacial score (nSPS) is 10.7. The Morgan fingerprint density at radius 1 is 1.05 bits per heavy atom. The van der Waals surface area contributed by atoms with Gasteiger partial charge in [-0.1, -0.05) is 47.0 Å². The number of benzene rings is 2. The molecule has 2 rings (SSSR count). The van der Waals surface area contributed by atoms with Crippen LogP contribution in [0.3, 0.4) is 0 Å². The number of halogens is 1.